The number of nitrogens with one attached hydrogen (secondary N) is 2. The summed E-state index contributed by atoms with van der Waals surface area (Å²) in [7, 11) is 0. The van der Waals surface area contributed by atoms with Gasteiger partial charge in [0, 0.05) is 22.4 Å². The maximum Gasteiger partial charge on any atom is 0.338 e. The normalized spacial score (nSPS) is 11.6. The van der Waals surface area contributed by atoms with Crippen LogP contribution in [0.3, 0.4) is 0 Å². The Labute approximate surface area is 165 Å². The molecule has 2 N–H and O–H groups in total. The Morgan fingerprint density at radius 2 is 1.93 bits per heavy atom. The summed E-state index contributed by atoms with van der Waals surface area (Å²) in [4.78, 5) is 32.0. The molecule has 2 aromatic carbocycles. The first-order chi connectivity index (χ1) is 13.1. The highest BCUT2D eigenvalue weighted by Gasteiger charge is 2.22. The average molecular weight is 428 g/mol. The summed E-state index contributed by atoms with van der Waals surface area (Å²) in [6.45, 7) is 1.79. The minimum atomic E-state index is -0.880. The monoisotopic (exact) mass is 427 g/mol. The highest BCUT2D eigenvalue weighted by molar-refractivity contribution is 9.10. The summed E-state index contributed by atoms with van der Waals surface area (Å²) in [6.07, 6.45) is 2.88. The molecule has 0 fully saturated rings. The van der Waals surface area contributed by atoms with Gasteiger partial charge in [0.25, 0.3) is 5.91 Å². The molecular formula is C20H18BrN3O3. The van der Waals surface area contributed by atoms with E-state index in [0.29, 0.717) is 23.5 Å². The molecule has 7 heteroatoms. The van der Waals surface area contributed by atoms with Crippen molar-refractivity contribution in [1.82, 2.24) is 9.97 Å². The Hall–Kier alpha value is -2.93. The predicted molar refractivity (Wildman–Crippen MR) is 106 cm³/mol. The fraction of sp³-hybridized carbons (Fsp3) is 0.150. The van der Waals surface area contributed by atoms with Crippen LogP contribution in [0.1, 0.15) is 23.7 Å². The number of hydrogen-bond acceptors (Lipinski definition) is 4. The minimum Gasteiger partial charge on any atom is -0.449 e. The van der Waals surface area contributed by atoms with Crippen molar-refractivity contribution < 1.29 is 14.3 Å². The molecule has 0 radical (unpaired) electrons. The molecule has 6 nitrogen and oxygen atoms in total. The first kappa shape index (κ1) is 18.8. The minimum absolute atomic E-state index is 0.368. The van der Waals surface area contributed by atoms with Crippen molar-refractivity contribution >= 4 is 33.5 Å². The van der Waals surface area contributed by atoms with Crippen LogP contribution in [0.25, 0.3) is 11.4 Å². The van der Waals surface area contributed by atoms with Crippen LogP contribution in [-0.4, -0.2) is 27.9 Å². The van der Waals surface area contributed by atoms with E-state index in [2.05, 4.69) is 31.2 Å². The molecule has 1 unspecified atom stereocenters. The second kappa shape index (κ2) is 8.64. The van der Waals surface area contributed by atoms with E-state index in [1.54, 1.807) is 49.6 Å². The zero-order valence-corrected chi connectivity index (χ0v) is 16.2. The van der Waals surface area contributed by atoms with Crippen molar-refractivity contribution in [2.24, 2.45) is 0 Å². The summed E-state index contributed by atoms with van der Waals surface area (Å²) in [5.41, 5.74) is 1.85. The highest BCUT2D eigenvalue weighted by atomic mass is 79.9. The number of imidazole rings is 1. The van der Waals surface area contributed by atoms with Crippen molar-refractivity contribution in [3.8, 4) is 11.4 Å². The first-order valence-electron chi connectivity index (χ1n) is 8.44. The van der Waals surface area contributed by atoms with Gasteiger partial charge in [0.1, 0.15) is 5.82 Å². The molecular weight excluding hydrogens is 410 g/mol. The summed E-state index contributed by atoms with van der Waals surface area (Å²) in [6, 6.07) is 14.1. The molecule has 0 bridgehead atoms. The van der Waals surface area contributed by atoms with Crippen LogP contribution >= 0.6 is 15.9 Å². The number of H-pyrrole nitrogens is 1. The standard InChI is InChI=1S/C20H18BrN3O3/c1-2-17(19(25)24-16-6-4-3-5-15(16)21)27-20(26)14-9-7-13(8-10-14)18-22-11-12-23-18/h3-12,17H,2H2,1H3,(H,22,23)(H,24,25). The third kappa shape index (κ3) is 4.62. The summed E-state index contributed by atoms with van der Waals surface area (Å²) < 4.78 is 6.16. The molecule has 1 heterocycles. The topological polar surface area (TPSA) is 84.1 Å². The van der Waals surface area contributed by atoms with Crippen LogP contribution < -0.4 is 5.32 Å². The van der Waals surface area contributed by atoms with Gasteiger partial charge in [-0.05, 0) is 46.6 Å². The number of carbonyl (C=O) groups is 2. The fourth-order valence-electron chi connectivity index (χ4n) is 2.48. The number of para-hydroxylation sites is 1. The summed E-state index contributed by atoms with van der Waals surface area (Å²) in [5, 5.41) is 2.77. The number of rotatable bonds is 6. The highest BCUT2D eigenvalue weighted by Crippen LogP contribution is 2.22. The quantitative estimate of drug-likeness (QED) is 0.570. The molecule has 0 aliphatic rings. The van der Waals surface area contributed by atoms with Gasteiger partial charge in [-0.2, -0.15) is 0 Å². The van der Waals surface area contributed by atoms with Crippen LogP contribution in [0, 0.1) is 0 Å². The maximum absolute atomic E-state index is 12.5. The van der Waals surface area contributed by atoms with Crippen molar-refractivity contribution in [1.29, 1.82) is 0 Å². The number of hydrogen-bond donors (Lipinski definition) is 2. The molecule has 0 saturated heterocycles. The van der Waals surface area contributed by atoms with Crippen LogP contribution in [-0.2, 0) is 9.53 Å². The Morgan fingerprint density at radius 3 is 2.56 bits per heavy atom. The lowest BCUT2D eigenvalue weighted by Crippen LogP contribution is -2.32. The van der Waals surface area contributed by atoms with Crippen LogP contribution in [0.15, 0.2) is 65.4 Å². The van der Waals surface area contributed by atoms with Gasteiger partial charge >= 0.3 is 5.97 Å². The third-order valence-corrected chi connectivity index (χ3v) is 4.63. The number of ether oxygens (including phenoxy) is 1. The van der Waals surface area contributed by atoms with E-state index < -0.39 is 12.1 Å². The van der Waals surface area contributed by atoms with E-state index in [4.69, 9.17) is 4.74 Å². The second-order valence-electron chi connectivity index (χ2n) is 5.79. The van der Waals surface area contributed by atoms with E-state index >= 15 is 0 Å². The van der Waals surface area contributed by atoms with Gasteiger partial charge in [-0.25, -0.2) is 9.78 Å². The molecule has 0 aliphatic heterocycles. The first-order valence-corrected chi connectivity index (χ1v) is 9.24. The molecule has 0 spiro atoms. The smallest absolute Gasteiger partial charge is 0.338 e. The van der Waals surface area contributed by atoms with E-state index in [1.807, 2.05) is 18.2 Å². The van der Waals surface area contributed by atoms with Crippen molar-refractivity contribution in [3.05, 3.63) is 71.0 Å². The predicted octanol–water partition coefficient (Wildman–Crippen LogP) is 4.41. The van der Waals surface area contributed by atoms with Crippen LogP contribution in [0.5, 0.6) is 0 Å². The number of amides is 1. The zero-order valence-electron chi connectivity index (χ0n) is 14.6. The Morgan fingerprint density at radius 1 is 1.19 bits per heavy atom. The lowest BCUT2D eigenvalue weighted by Gasteiger charge is -2.16. The molecule has 1 aromatic heterocycles. The number of halogens is 1. The molecule has 3 aromatic rings. The summed E-state index contributed by atoms with van der Waals surface area (Å²) >= 11 is 3.38. The molecule has 138 valence electrons. The number of esters is 1. The van der Waals surface area contributed by atoms with Crippen molar-refractivity contribution in [2.45, 2.75) is 19.4 Å². The average Bonchev–Trinajstić information content (AvgIpc) is 3.22. The van der Waals surface area contributed by atoms with Gasteiger partial charge in [-0.3, -0.25) is 4.79 Å². The SMILES string of the molecule is CCC(OC(=O)c1ccc(-c2ncc[nH]2)cc1)C(=O)Nc1ccccc1Br. The summed E-state index contributed by atoms with van der Waals surface area (Å²) in [5.74, 6) is -0.200. The van der Waals surface area contributed by atoms with E-state index in [-0.39, 0.29) is 5.91 Å². The van der Waals surface area contributed by atoms with E-state index in [9.17, 15) is 9.59 Å². The largest absolute Gasteiger partial charge is 0.449 e. The number of benzene rings is 2. The molecule has 1 amide bonds. The Kier molecular flexibility index (Phi) is 6.03. The molecule has 27 heavy (non-hydrogen) atoms. The zero-order chi connectivity index (χ0) is 19.2. The molecule has 0 aliphatic carbocycles. The van der Waals surface area contributed by atoms with Gasteiger partial charge in [0.15, 0.2) is 6.10 Å². The Bertz CT molecular complexity index is 924. The van der Waals surface area contributed by atoms with Gasteiger partial charge in [-0.1, -0.05) is 31.2 Å². The number of nitrogens with zero attached hydrogens (tertiary/aromatic N) is 1. The lowest BCUT2D eigenvalue weighted by molar-refractivity contribution is -0.124. The van der Waals surface area contributed by atoms with E-state index in [0.717, 1.165) is 10.0 Å². The van der Waals surface area contributed by atoms with Gasteiger partial charge < -0.3 is 15.0 Å². The fourth-order valence-corrected chi connectivity index (χ4v) is 2.87. The maximum atomic E-state index is 12.5. The number of anilines is 1. The van der Waals surface area contributed by atoms with Crippen molar-refractivity contribution in [3.63, 3.8) is 0 Å². The van der Waals surface area contributed by atoms with Crippen LogP contribution in [0.4, 0.5) is 5.69 Å². The lowest BCUT2D eigenvalue weighted by atomic mass is 10.1. The molecule has 1 atom stereocenters. The second-order valence-corrected chi connectivity index (χ2v) is 6.64. The van der Waals surface area contributed by atoms with Crippen molar-refractivity contribution in [2.75, 3.05) is 5.32 Å². The van der Waals surface area contributed by atoms with E-state index in [1.165, 1.54) is 0 Å². The third-order valence-electron chi connectivity index (χ3n) is 3.94. The number of aromatic amines is 1. The van der Waals surface area contributed by atoms with Gasteiger partial charge in [0.05, 0.1) is 11.3 Å². The number of aromatic nitrogens is 2. The van der Waals surface area contributed by atoms with Crippen LogP contribution in [0.2, 0.25) is 0 Å². The number of carbonyl (C=O) groups excluding carboxylic acids is 2. The van der Waals surface area contributed by atoms with Gasteiger partial charge in [0.2, 0.25) is 0 Å². The Balaban J connectivity index is 1.66. The van der Waals surface area contributed by atoms with Gasteiger partial charge in [-0.15, -0.1) is 0 Å². The molecule has 0 saturated carbocycles. The molecule has 3 rings (SSSR count).